The van der Waals surface area contributed by atoms with Crippen molar-refractivity contribution < 1.29 is 14.6 Å². The average Bonchev–Trinajstić information content (AvgIpc) is 2.78. The molecule has 1 N–H and O–H groups in total. The molecular weight excluding hydrogens is 386 g/mol. The zero-order valence-electron chi connectivity index (χ0n) is 18.0. The number of phenolic OH excluding ortho intramolecular Hbond substituents is 1. The van der Waals surface area contributed by atoms with Crippen molar-refractivity contribution in [2.45, 2.75) is 46.1 Å². The normalized spacial score (nSPS) is 10.5. The maximum Gasteiger partial charge on any atom is 0.163 e. The lowest BCUT2D eigenvalue weighted by molar-refractivity contribution is 0.101. The molecular formula is C27H27NO3. The van der Waals surface area contributed by atoms with Gasteiger partial charge < -0.3 is 9.84 Å². The second-order valence-corrected chi connectivity index (χ2v) is 7.66. The van der Waals surface area contributed by atoms with Crippen molar-refractivity contribution in [2.24, 2.45) is 0 Å². The van der Waals surface area contributed by atoms with Crippen LogP contribution in [0.2, 0.25) is 0 Å². The van der Waals surface area contributed by atoms with Crippen molar-refractivity contribution in [1.29, 1.82) is 5.26 Å². The van der Waals surface area contributed by atoms with Gasteiger partial charge in [0.1, 0.15) is 18.1 Å². The fraction of sp³-hybridized carbons (Fsp3) is 0.259. The fourth-order valence-corrected chi connectivity index (χ4v) is 3.58. The lowest BCUT2D eigenvalue weighted by atomic mass is 10.0. The van der Waals surface area contributed by atoms with Crippen LogP contribution in [-0.4, -0.2) is 10.9 Å². The van der Waals surface area contributed by atoms with Crippen LogP contribution in [0.3, 0.4) is 0 Å². The molecule has 0 saturated carbocycles. The number of carbonyl (C=O) groups is 1. The first-order valence-electron chi connectivity index (χ1n) is 10.6. The molecule has 0 aliphatic carbocycles. The molecule has 0 radical (unpaired) electrons. The third-order valence-electron chi connectivity index (χ3n) is 5.29. The molecule has 158 valence electrons. The fourth-order valence-electron chi connectivity index (χ4n) is 3.58. The van der Waals surface area contributed by atoms with Crippen molar-refractivity contribution in [3.63, 3.8) is 0 Å². The van der Waals surface area contributed by atoms with Crippen LogP contribution in [0.15, 0.2) is 60.7 Å². The van der Waals surface area contributed by atoms with E-state index in [9.17, 15) is 9.90 Å². The predicted octanol–water partition coefficient (Wildman–Crippen LogP) is 5.78. The van der Waals surface area contributed by atoms with Gasteiger partial charge in [-0.2, -0.15) is 5.26 Å². The van der Waals surface area contributed by atoms with E-state index in [4.69, 9.17) is 10.00 Å². The molecule has 0 bridgehead atoms. The number of aryl methyl sites for hydroxylation is 2. The third kappa shape index (κ3) is 5.73. The first-order valence-corrected chi connectivity index (χ1v) is 10.6. The zero-order valence-corrected chi connectivity index (χ0v) is 18.0. The first kappa shape index (κ1) is 22.1. The Labute approximate surface area is 183 Å². The van der Waals surface area contributed by atoms with Crippen LogP contribution in [0.25, 0.3) is 0 Å². The van der Waals surface area contributed by atoms with Gasteiger partial charge in [-0.25, -0.2) is 0 Å². The molecule has 3 aromatic carbocycles. The summed E-state index contributed by atoms with van der Waals surface area (Å²) in [6.45, 7) is 3.87. The van der Waals surface area contributed by atoms with Crippen molar-refractivity contribution >= 4 is 5.78 Å². The average molecular weight is 414 g/mol. The Kier molecular flexibility index (Phi) is 7.45. The summed E-state index contributed by atoms with van der Waals surface area (Å²) in [5, 5.41) is 19.5. The number of hydrogen-bond donors (Lipinski definition) is 1. The minimum atomic E-state index is -0.156. The van der Waals surface area contributed by atoms with E-state index in [1.54, 1.807) is 12.1 Å². The minimum absolute atomic E-state index is 0.0302. The summed E-state index contributed by atoms with van der Waals surface area (Å²) in [7, 11) is 0. The van der Waals surface area contributed by atoms with Gasteiger partial charge in [0, 0.05) is 5.56 Å². The number of phenols is 1. The standard InChI is InChI=1S/C27H27NO3/c1-3-5-25-26(15-14-24(19(2)29)27(25)30)31-18-22-12-9-20(10-13-22)8-11-21-6-4-7-23(16-21)17-28/h4,6-7,9-10,12-16,30H,3,5,8,11,18H2,1-2H3. The Morgan fingerprint density at radius 3 is 2.35 bits per heavy atom. The van der Waals surface area contributed by atoms with E-state index in [0.717, 1.165) is 30.4 Å². The Bertz CT molecular complexity index is 1090. The number of nitrogens with zero attached hydrogens (tertiary/aromatic N) is 1. The van der Waals surface area contributed by atoms with Gasteiger partial charge >= 0.3 is 0 Å². The molecule has 0 amide bonds. The topological polar surface area (TPSA) is 70.3 Å². The lowest BCUT2D eigenvalue weighted by Gasteiger charge is -2.15. The van der Waals surface area contributed by atoms with Gasteiger partial charge in [-0.3, -0.25) is 4.79 Å². The summed E-state index contributed by atoms with van der Waals surface area (Å²) < 4.78 is 5.98. The number of ketones is 1. The van der Waals surface area contributed by atoms with Crippen LogP contribution in [0.1, 0.15) is 58.4 Å². The molecule has 4 nitrogen and oxygen atoms in total. The quantitative estimate of drug-likeness (QED) is 0.451. The number of hydrogen-bond acceptors (Lipinski definition) is 4. The molecule has 0 atom stereocenters. The Balaban J connectivity index is 1.63. The van der Waals surface area contributed by atoms with Gasteiger partial charge in [-0.1, -0.05) is 49.7 Å². The van der Waals surface area contributed by atoms with Gasteiger partial charge in [-0.15, -0.1) is 0 Å². The van der Waals surface area contributed by atoms with Crippen molar-refractivity contribution in [2.75, 3.05) is 0 Å². The smallest absolute Gasteiger partial charge is 0.163 e. The highest BCUT2D eigenvalue weighted by molar-refractivity contribution is 5.97. The summed E-state index contributed by atoms with van der Waals surface area (Å²) in [4.78, 5) is 11.7. The SMILES string of the molecule is CCCc1c(OCc2ccc(CCc3cccc(C#N)c3)cc2)ccc(C(C)=O)c1O. The second kappa shape index (κ2) is 10.4. The monoisotopic (exact) mass is 413 g/mol. The molecule has 0 heterocycles. The molecule has 0 unspecified atom stereocenters. The number of aromatic hydroxyl groups is 1. The number of Topliss-reactive ketones (excluding diaryl/α,β-unsaturated/α-hetero) is 1. The van der Waals surface area contributed by atoms with Crippen molar-refractivity contribution in [3.8, 4) is 17.6 Å². The summed E-state index contributed by atoms with van der Waals surface area (Å²) in [5.41, 5.74) is 5.12. The van der Waals surface area contributed by atoms with Gasteiger partial charge in [-0.05, 0) is 67.1 Å². The Morgan fingerprint density at radius 2 is 1.68 bits per heavy atom. The van der Waals surface area contributed by atoms with Crippen molar-refractivity contribution in [1.82, 2.24) is 0 Å². The first-order chi connectivity index (χ1) is 15.0. The van der Waals surface area contributed by atoms with E-state index in [1.165, 1.54) is 12.5 Å². The number of nitriles is 1. The van der Waals surface area contributed by atoms with E-state index >= 15 is 0 Å². The number of rotatable bonds is 9. The van der Waals surface area contributed by atoms with Crippen LogP contribution in [0, 0.1) is 11.3 Å². The summed E-state index contributed by atoms with van der Waals surface area (Å²) in [6, 6.07) is 21.6. The molecule has 0 spiro atoms. The molecule has 3 aromatic rings. The molecule has 0 saturated heterocycles. The van der Waals surface area contributed by atoms with Crippen LogP contribution in [0.4, 0.5) is 0 Å². The molecule has 4 heteroatoms. The van der Waals surface area contributed by atoms with Gasteiger partial charge in [0.2, 0.25) is 0 Å². The van der Waals surface area contributed by atoms with E-state index < -0.39 is 0 Å². The predicted molar refractivity (Wildman–Crippen MR) is 121 cm³/mol. The number of benzene rings is 3. The summed E-state index contributed by atoms with van der Waals surface area (Å²) in [6.07, 6.45) is 3.27. The summed E-state index contributed by atoms with van der Waals surface area (Å²) >= 11 is 0. The lowest BCUT2D eigenvalue weighted by Crippen LogP contribution is -2.02. The van der Waals surface area contributed by atoms with E-state index in [0.29, 0.717) is 35.5 Å². The maximum absolute atomic E-state index is 11.7. The number of carbonyl (C=O) groups excluding carboxylic acids is 1. The highest BCUT2D eigenvalue weighted by atomic mass is 16.5. The zero-order chi connectivity index (χ0) is 22.2. The summed E-state index contributed by atoms with van der Waals surface area (Å²) in [5.74, 6) is 0.491. The Hall–Kier alpha value is -3.58. The van der Waals surface area contributed by atoms with Gasteiger partial charge in [0.25, 0.3) is 0 Å². The highest BCUT2D eigenvalue weighted by Gasteiger charge is 2.16. The van der Waals surface area contributed by atoms with E-state index in [-0.39, 0.29) is 11.5 Å². The minimum Gasteiger partial charge on any atom is -0.507 e. The number of ether oxygens (including phenoxy) is 1. The van der Waals surface area contributed by atoms with Crippen LogP contribution < -0.4 is 4.74 Å². The third-order valence-corrected chi connectivity index (χ3v) is 5.29. The Morgan fingerprint density at radius 1 is 0.968 bits per heavy atom. The van der Waals surface area contributed by atoms with Crippen LogP contribution in [-0.2, 0) is 25.9 Å². The largest absolute Gasteiger partial charge is 0.507 e. The molecule has 0 aromatic heterocycles. The van der Waals surface area contributed by atoms with Gasteiger partial charge in [0.15, 0.2) is 5.78 Å². The van der Waals surface area contributed by atoms with Crippen LogP contribution >= 0.6 is 0 Å². The molecule has 3 rings (SSSR count). The molecule has 0 aliphatic rings. The second-order valence-electron chi connectivity index (χ2n) is 7.66. The maximum atomic E-state index is 11.7. The van der Waals surface area contributed by atoms with Crippen molar-refractivity contribution in [3.05, 3.63) is 94.0 Å². The highest BCUT2D eigenvalue weighted by Crippen LogP contribution is 2.33. The molecule has 0 fully saturated rings. The molecule has 31 heavy (non-hydrogen) atoms. The van der Waals surface area contributed by atoms with E-state index in [1.807, 2.05) is 43.3 Å². The van der Waals surface area contributed by atoms with Gasteiger partial charge in [0.05, 0.1) is 17.2 Å². The molecule has 0 aliphatic heterocycles. The van der Waals surface area contributed by atoms with Crippen LogP contribution in [0.5, 0.6) is 11.5 Å². The van der Waals surface area contributed by atoms with E-state index in [2.05, 4.69) is 18.2 Å².